The highest BCUT2D eigenvalue weighted by atomic mass is 14.8. The molecule has 0 aliphatic rings. The molecule has 9 heterocycles. The van der Waals surface area contributed by atoms with E-state index in [-0.39, 0.29) is 0 Å². The molecular weight excluding hydrogens is 1680 g/mol. The van der Waals surface area contributed by atoms with Gasteiger partial charge in [-0.1, -0.05) is 315 Å². The quantitative estimate of drug-likeness (QED) is 0.110. The molecular formula is C129H81N9. The number of nitrogens with zero attached hydrogens (tertiary/aromatic N) is 9. The second-order valence-electron chi connectivity index (χ2n) is 34.9. The molecule has 9 aromatic heterocycles. The lowest BCUT2D eigenvalue weighted by atomic mass is 9.89. The number of hydrogen-bond donors (Lipinski definition) is 0. The second kappa shape index (κ2) is 35.2. The molecule has 0 aliphatic carbocycles. The van der Waals surface area contributed by atoms with Crippen molar-refractivity contribution in [1.82, 2.24) is 44.9 Å². The van der Waals surface area contributed by atoms with E-state index in [1.807, 2.05) is 67.3 Å². The van der Waals surface area contributed by atoms with Crippen molar-refractivity contribution < 1.29 is 0 Å². The third kappa shape index (κ3) is 14.9. The van der Waals surface area contributed by atoms with Crippen LogP contribution in [0.5, 0.6) is 0 Å². The first-order valence-corrected chi connectivity index (χ1v) is 46.6. The Morgan fingerprint density at radius 1 is 0.123 bits per heavy atom. The van der Waals surface area contributed by atoms with Crippen LogP contribution in [-0.4, -0.2) is 44.9 Å². The smallest absolute Gasteiger partial charge is 0.0892 e. The molecule has 642 valence electrons. The van der Waals surface area contributed by atoms with Crippen LogP contribution >= 0.6 is 0 Å². The lowest BCUT2D eigenvalue weighted by Crippen LogP contribution is -1.93. The second-order valence-corrected chi connectivity index (χ2v) is 34.9. The molecule has 0 fully saturated rings. The number of para-hydroxylation sites is 3. The van der Waals surface area contributed by atoms with Crippen molar-refractivity contribution in [3.63, 3.8) is 0 Å². The van der Waals surface area contributed by atoms with Crippen molar-refractivity contribution >= 4 is 130 Å². The highest BCUT2D eigenvalue weighted by molar-refractivity contribution is 6.37. The fourth-order valence-corrected chi connectivity index (χ4v) is 20.5. The van der Waals surface area contributed by atoms with Crippen LogP contribution in [-0.2, 0) is 0 Å². The Bertz CT molecular complexity index is 8630. The molecule has 0 spiro atoms. The Balaban J connectivity index is 0.000000110. The van der Waals surface area contributed by atoms with Crippen molar-refractivity contribution in [3.05, 3.63) is 492 Å². The first-order chi connectivity index (χ1) is 68.4. The Hall–Kier alpha value is -18.6. The van der Waals surface area contributed by atoms with Crippen LogP contribution in [0.2, 0.25) is 0 Å². The van der Waals surface area contributed by atoms with Crippen molar-refractivity contribution in [1.29, 1.82) is 0 Å². The average molecular weight is 1760 g/mol. The number of rotatable bonds is 12. The molecule has 18 aromatic carbocycles. The molecule has 0 radical (unpaired) electrons. The van der Waals surface area contributed by atoms with Gasteiger partial charge in [-0.3, -0.25) is 29.9 Å². The maximum Gasteiger partial charge on any atom is 0.0892 e. The molecule has 27 aromatic rings. The summed E-state index contributed by atoms with van der Waals surface area (Å²) in [4.78, 5) is 42.8. The third-order valence-corrected chi connectivity index (χ3v) is 26.9. The summed E-state index contributed by atoms with van der Waals surface area (Å²) in [6.45, 7) is 0. The van der Waals surface area contributed by atoms with Gasteiger partial charge < -0.3 is 0 Å². The Morgan fingerprint density at radius 2 is 0.370 bits per heavy atom. The molecule has 9 nitrogen and oxygen atoms in total. The lowest BCUT2D eigenvalue weighted by Gasteiger charge is -2.16. The Kier molecular flexibility index (Phi) is 20.8. The topological polar surface area (TPSA) is 116 Å². The number of hydrogen-bond acceptors (Lipinski definition) is 9. The normalized spacial score (nSPS) is 11.5. The molecule has 138 heavy (non-hydrogen) atoms. The van der Waals surface area contributed by atoms with Crippen LogP contribution in [0.4, 0.5) is 0 Å². The summed E-state index contributed by atoms with van der Waals surface area (Å²) in [7, 11) is 0. The molecule has 0 atom stereocenters. The van der Waals surface area contributed by atoms with Gasteiger partial charge in [0.05, 0.1) is 56.4 Å². The standard InChI is InChI=1S/3C43H27N3/c1-3-17-36-34(15-1)35-16-2-4-18-37(35)42-41(36)38-19-5-6-20-39(38)46-43(42)32-13-8-12-30(25-32)28-10-7-11-29(24-28)31-21-23-45-40(26-31)33-14-9-22-44-27-33;1-3-15-36-34(13-1)35-14-2-4-16-37(35)42-41(36)38-17-5-6-18-39(38)46-43(42)33-12-8-11-31(26-33)29-9-7-10-30(25-29)32-21-24-45-40(27-32)28-19-22-44-23-20-28;1-3-17-35-33(15-1)34-16-2-4-18-36(34)42-41(35)37-19-5-6-20-38(37)46-43(42)32-14-10-13-30(26-32)28-11-9-12-29(25-28)31-22-24-45-40(27-31)39-21-7-8-23-44-39/h3*1-27H. The summed E-state index contributed by atoms with van der Waals surface area (Å²) < 4.78 is 0. The number of fused-ring (bicyclic) bond motifs is 24. The van der Waals surface area contributed by atoms with Crippen LogP contribution in [0.15, 0.2) is 492 Å². The van der Waals surface area contributed by atoms with Crippen LogP contribution in [0.1, 0.15) is 0 Å². The highest BCUT2D eigenvalue weighted by Gasteiger charge is 2.24. The van der Waals surface area contributed by atoms with E-state index in [4.69, 9.17) is 15.0 Å². The maximum absolute atomic E-state index is 5.36. The maximum atomic E-state index is 5.36. The zero-order valence-corrected chi connectivity index (χ0v) is 74.8. The van der Waals surface area contributed by atoms with Crippen molar-refractivity contribution in [2.75, 3.05) is 0 Å². The van der Waals surface area contributed by atoms with Gasteiger partial charge in [0, 0.05) is 126 Å². The van der Waals surface area contributed by atoms with E-state index in [1.54, 1.807) is 24.8 Å². The van der Waals surface area contributed by atoms with Crippen LogP contribution in [0, 0.1) is 0 Å². The molecule has 0 unspecified atom stereocenters. The number of benzene rings is 18. The largest absolute Gasteiger partial charge is 0.265 e. The first kappa shape index (κ1) is 81.4. The van der Waals surface area contributed by atoms with Crippen molar-refractivity contribution in [3.8, 4) is 134 Å². The molecule has 0 bridgehead atoms. The van der Waals surface area contributed by atoms with E-state index in [0.29, 0.717) is 0 Å². The molecule has 0 saturated carbocycles. The van der Waals surface area contributed by atoms with Gasteiger partial charge in [-0.2, -0.15) is 0 Å². The van der Waals surface area contributed by atoms with Gasteiger partial charge in [0.2, 0.25) is 0 Å². The van der Waals surface area contributed by atoms with Gasteiger partial charge >= 0.3 is 0 Å². The Labute approximate surface area is 795 Å². The van der Waals surface area contributed by atoms with Crippen LogP contribution in [0.25, 0.3) is 264 Å². The SMILES string of the molecule is c1cc(-c2cccc(-c3nc4ccccc4c4c5ccccc5c5ccccc5c34)c2)cc(-c2ccnc(-c3cccnc3)c2)c1.c1cc(-c2cccc(-c3nc4ccccc4c4c5ccccc5c5ccccc5c34)c2)cc(-c2ccnc(-c3ccncc3)c2)c1.c1ccc(-c2cc(-c3cccc(-c4cccc(-c5nc6ccccc6c6c7ccccc7c7ccccc7c56)c4)c3)ccn2)nc1. The fourth-order valence-electron chi connectivity index (χ4n) is 20.5. The summed E-state index contributed by atoms with van der Waals surface area (Å²) in [6.07, 6.45) is 14.6. The average Bonchev–Trinajstić information content (AvgIpc) is 0.723. The molecule has 0 saturated heterocycles. The van der Waals surface area contributed by atoms with E-state index in [0.717, 1.165) is 151 Å². The third-order valence-electron chi connectivity index (χ3n) is 26.9. The van der Waals surface area contributed by atoms with E-state index in [9.17, 15) is 0 Å². The molecule has 9 heteroatoms. The van der Waals surface area contributed by atoms with Gasteiger partial charge in [0.1, 0.15) is 0 Å². The monoisotopic (exact) mass is 1760 g/mol. The van der Waals surface area contributed by atoms with Crippen LogP contribution in [0.3, 0.4) is 0 Å². The van der Waals surface area contributed by atoms with Crippen molar-refractivity contribution in [2.45, 2.75) is 0 Å². The minimum absolute atomic E-state index is 0.861. The van der Waals surface area contributed by atoms with Gasteiger partial charge in [-0.05, 0) is 259 Å². The molecule has 0 aliphatic heterocycles. The minimum atomic E-state index is 0.861. The fraction of sp³-hybridized carbons (Fsp3) is 0. The van der Waals surface area contributed by atoms with E-state index >= 15 is 0 Å². The summed E-state index contributed by atoms with van der Waals surface area (Å²) in [5, 5.41) is 25.8. The first-order valence-electron chi connectivity index (χ1n) is 46.6. The van der Waals surface area contributed by atoms with Crippen LogP contribution < -0.4 is 0 Å². The number of pyridine rings is 9. The van der Waals surface area contributed by atoms with Gasteiger partial charge in [0.15, 0.2) is 0 Å². The van der Waals surface area contributed by atoms with Gasteiger partial charge in [0.25, 0.3) is 0 Å². The predicted molar refractivity (Wildman–Crippen MR) is 575 cm³/mol. The molecule has 0 N–H and O–H groups in total. The molecule has 0 amide bonds. The summed E-state index contributed by atoms with van der Waals surface area (Å²) in [5.41, 5.74) is 28.6. The molecule has 27 rings (SSSR count). The zero-order valence-electron chi connectivity index (χ0n) is 74.8. The Morgan fingerprint density at radius 3 is 0.688 bits per heavy atom. The zero-order chi connectivity index (χ0) is 91.4. The lowest BCUT2D eigenvalue weighted by molar-refractivity contribution is 1.25. The highest BCUT2D eigenvalue weighted by Crippen LogP contribution is 2.49. The number of aromatic nitrogens is 9. The van der Waals surface area contributed by atoms with E-state index in [1.165, 1.54) is 113 Å². The van der Waals surface area contributed by atoms with E-state index in [2.05, 4.69) is 430 Å². The predicted octanol–water partition coefficient (Wildman–Crippen LogP) is 33.5. The van der Waals surface area contributed by atoms with Crippen molar-refractivity contribution in [2.24, 2.45) is 0 Å². The summed E-state index contributed by atoms with van der Waals surface area (Å²) >= 11 is 0. The summed E-state index contributed by atoms with van der Waals surface area (Å²) in [5.74, 6) is 0. The van der Waals surface area contributed by atoms with Gasteiger partial charge in [-0.15, -0.1) is 0 Å². The van der Waals surface area contributed by atoms with E-state index < -0.39 is 0 Å². The van der Waals surface area contributed by atoms with Gasteiger partial charge in [-0.25, -0.2) is 15.0 Å². The summed E-state index contributed by atoms with van der Waals surface area (Å²) in [6, 6.07) is 157. The minimum Gasteiger partial charge on any atom is -0.265 e.